The first-order valence-electron chi connectivity index (χ1n) is 10.5. The van der Waals surface area contributed by atoms with Crippen LogP contribution in [0.4, 0.5) is 0 Å². The second kappa shape index (κ2) is 8.90. The molecule has 1 aromatic carbocycles. The maximum absolute atomic E-state index is 10.1. The van der Waals surface area contributed by atoms with Gasteiger partial charge in [-0.2, -0.15) is 0 Å². The van der Waals surface area contributed by atoms with Gasteiger partial charge in [-0.15, -0.1) is 5.54 Å². The van der Waals surface area contributed by atoms with E-state index in [-0.39, 0.29) is 5.41 Å². The monoisotopic (exact) mass is 396 g/mol. The van der Waals surface area contributed by atoms with Crippen molar-refractivity contribution >= 4 is 8.07 Å². The summed E-state index contributed by atoms with van der Waals surface area (Å²) in [5.74, 6) is 9.72. The molecule has 28 heavy (non-hydrogen) atoms. The van der Waals surface area contributed by atoms with Crippen molar-refractivity contribution in [2.75, 3.05) is 0 Å². The molecule has 0 fully saturated rings. The molecule has 0 aromatic heterocycles. The molecule has 154 valence electrons. The Morgan fingerprint density at radius 2 is 1.29 bits per heavy atom. The van der Waals surface area contributed by atoms with Crippen molar-refractivity contribution in [3.05, 3.63) is 34.9 Å². The van der Waals surface area contributed by atoms with Crippen LogP contribution in [0.15, 0.2) is 18.2 Å². The molecule has 0 spiro atoms. The minimum Gasteiger partial charge on any atom is -0.378 e. The van der Waals surface area contributed by atoms with Gasteiger partial charge in [-0.1, -0.05) is 86.1 Å². The predicted octanol–water partition coefficient (Wildman–Crippen LogP) is 6.68. The molecule has 2 heteroatoms. The zero-order valence-corrected chi connectivity index (χ0v) is 20.9. The second-order valence-electron chi connectivity index (χ2n) is 10.5. The molecule has 0 amide bonds. The minimum absolute atomic E-state index is 0.0451. The van der Waals surface area contributed by atoms with E-state index in [2.05, 4.69) is 104 Å². The van der Waals surface area contributed by atoms with Crippen molar-refractivity contribution in [2.45, 2.75) is 104 Å². The van der Waals surface area contributed by atoms with Crippen molar-refractivity contribution in [1.29, 1.82) is 0 Å². The van der Waals surface area contributed by atoms with Gasteiger partial charge < -0.3 is 5.11 Å². The van der Waals surface area contributed by atoms with Crippen molar-refractivity contribution < 1.29 is 5.11 Å². The number of hydrogen-bond donors (Lipinski definition) is 1. The molecule has 0 saturated heterocycles. The molecule has 1 nitrogen and oxygen atoms in total. The third-order valence-corrected chi connectivity index (χ3v) is 12.0. The van der Waals surface area contributed by atoms with Gasteiger partial charge in [0.25, 0.3) is 0 Å². The van der Waals surface area contributed by atoms with E-state index < -0.39 is 13.7 Å². The van der Waals surface area contributed by atoms with Crippen LogP contribution in [-0.2, 0) is 5.41 Å². The van der Waals surface area contributed by atoms with Gasteiger partial charge in [-0.25, -0.2) is 0 Å². The Morgan fingerprint density at radius 3 is 1.68 bits per heavy atom. The zero-order valence-electron chi connectivity index (χ0n) is 19.9. The zero-order chi connectivity index (χ0) is 21.9. The smallest absolute Gasteiger partial charge is 0.146 e. The van der Waals surface area contributed by atoms with E-state index in [1.165, 1.54) is 5.56 Å². The molecule has 1 N–H and O–H groups in total. The molecule has 0 bridgehead atoms. The summed E-state index contributed by atoms with van der Waals surface area (Å²) in [6.45, 7) is 24.0. The van der Waals surface area contributed by atoms with E-state index in [0.29, 0.717) is 16.6 Å². The van der Waals surface area contributed by atoms with Gasteiger partial charge in [0.1, 0.15) is 13.7 Å². The van der Waals surface area contributed by atoms with Crippen LogP contribution in [0.25, 0.3) is 0 Å². The lowest BCUT2D eigenvalue weighted by Crippen LogP contribution is -2.43. The summed E-state index contributed by atoms with van der Waals surface area (Å²) in [5.41, 5.74) is 7.75. The van der Waals surface area contributed by atoms with Crippen molar-refractivity contribution in [1.82, 2.24) is 0 Å². The number of rotatable bonds is 3. The van der Waals surface area contributed by atoms with Crippen molar-refractivity contribution in [3.63, 3.8) is 0 Å². The first kappa shape index (κ1) is 24.6. The standard InChI is InChI=1S/C26H40OSi/c1-19(2)28(20(3)4,21(5)6)17-15-22-12-13-24(25(7,8)9)18-23(22)14-16-26(10,11)27/h12-13,18-21,27H,1-11H3. The van der Waals surface area contributed by atoms with Crippen LogP contribution in [0.1, 0.15) is 92.9 Å². The summed E-state index contributed by atoms with van der Waals surface area (Å²) in [7, 11) is -1.80. The molecular formula is C26H40OSi. The van der Waals surface area contributed by atoms with E-state index in [0.717, 1.165) is 11.1 Å². The summed E-state index contributed by atoms with van der Waals surface area (Å²) < 4.78 is 0. The quantitative estimate of drug-likeness (QED) is 0.446. The molecule has 1 rings (SSSR count). The summed E-state index contributed by atoms with van der Waals surface area (Å²) in [6, 6.07) is 6.43. The molecule has 0 aliphatic heterocycles. The average molecular weight is 397 g/mol. The maximum atomic E-state index is 10.1. The number of hydrogen-bond acceptors (Lipinski definition) is 1. The molecule has 0 heterocycles. The summed E-state index contributed by atoms with van der Waals surface area (Å²) in [5, 5.41) is 10.1. The van der Waals surface area contributed by atoms with Gasteiger partial charge in [0.2, 0.25) is 0 Å². The van der Waals surface area contributed by atoms with Gasteiger partial charge >= 0.3 is 0 Å². The lowest BCUT2D eigenvalue weighted by Gasteiger charge is -2.38. The van der Waals surface area contributed by atoms with E-state index in [1.807, 2.05) is 0 Å². The largest absolute Gasteiger partial charge is 0.378 e. The fraction of sp³-hybridized carbons (Fsp3) is 0.615. The van der Waals surface area contributed by atoms with Crippen molar-refractivity contribution in [2.24, 2.45) is 0 Å². The van der Waals surface area contributed by atoms with Crippen molar-refractivity contribution in [3.8, 4) is 23.3 Å². The molecule has 0 aliphatic carbocycles. The first-order valence-corrected chi connectivity index (χ1v) is 12.8. The highest BCUT2D eigenvalue weighted by molar-refractivity contribution is 6.90. The Kier molecular flexibility index (Phi) is 7.80. The minimum atomic E-state index is -1.80. The van der Waals surface area contributed by atoms with E-state index in [9.17, 15) is 5.11 Å². The highest BCUT2D eigenvalue weighted by atomic mass is 28.3. The predicted molar refractivity (Wildman–Crippen MR) is 126 cm³/mol. The summed E-state index contributed by atoms with van der Waals surface area (Å²) in [6.07, 6.45) is 0. The molecular weight excluding hydrogens is 356 g/mol. The third-order valence-electron chi connectivity index (χ3n) is 5.67. The van der Waals surface area contributed by atoms with Crippen LogP contribution < -0.4 is 0 Å². The Hall–Kier alpha value is -1.48. The topological polar surface area (TPSA) is 20.2 Å². The Balaban J connectivity index is 3.65. The van der Waals surface area contributed by atoms with Gasteiger partial charge in [-0.05, 0) is 53.6 Å². The van der Waals surface area contributed by atoms with E-state index in [4.69, 9.17) is 0 Å². The van der Waals surface area contributed by atoms with Gasteiger partial charge in [0.05, 0.1) is 0 Å². The molecule has 0 aliphatic rings. The van der Waals surface area contributed by atoms with Crippen LogP contribution in [0.5, 0.6) is 0 Å². The molecule has 0 atom stereocenters. The third kappa shape index (κ3) is 6.01. The normalized spacial score (nSPS) is 12.7. The maximum Gasteiger partial charge on any atom is 0.146 e. The molecule has 0 unspecified atom stereocenters. The Morgan fingerprint density at radius 1 is 0.786 bits per heavy atom. The van der Waals surface area contributed by atoms with E-state index in [1.54, 1.807) is 13.8 Å². The fourth-order valence-electron chi connectivity index (χ4n) is 4.05. The highest BCUT2D eigenvalue weighted by Gasteiger charge is 2.41. The molecule has 0 radical (unpaired) electrons. The lowest BCUT2D eigenvalue weighted by molar-refractivity contribution is 0.143. The fourth-order valence-corrected chi connectivity index (χ4v) is 9.27. The highest BCUT2D eigenvalue weighted by Crippen LogP contribution is 2.40. The summed E-state index contributed by atoms with van der Waals surface area (Å²) in [4.78, 5) is 0. The van der Waals surface area contributed by atoms with Gasteiger partial charge in [-0.3, -0.25) is 0 Å². The summed E-state index contributed by atoms with van der Waals surface area (Å²) >= 11 is 0. The van der Waals surface area contributed by atoms with Gasteiger partial charge in [0.15, 0.2) is 0 Å². The Labute approximate surface area is 175 Å². The van der Waals surface area contributed by atoms with Crippen LogP contribution in [0.2, 0.25) is 16.6 Å². The molecule has 1 aromatic rings. The first-order chi connectivity index (χ1) is 12.6. The Bertz CT molecular complexity index is 772. The average Bonchev–Trinajstić information content (AvgIpc) is 2.51. The molecule has 0 saturated carbocycles. The van der Waals surface area contributed by atoms with Crippen LogP contribution in [-0.4, -0.2) is 18.8 Å². The number of aliphatic hydroxyl groups is 1. The van der Waals surface area contributed by atoms with E-state index >= 15 is 0 Å². The van der Waals surface area contributed by atoms with Crippen LogP contribution in [0, 0.1) is 23.3 Å². The van der Waals surface area contributed by atoms with Crippen LogP contribution >= 0.6 is 0 Å². The SMILES string of the molecule is CC(C)[Si](C#Cc1ccc(C(C)(C)C)cc1C#CC(C)(C)O)(C(C)C)C(C)C. The van der Waals surface area contributed by atoms with Crippen LogP contribution in [0.3, 0.4) is 0 Å². The van der Waals surface area contributed by atoms with Gasteiger partial charge in [0, 0.05) is 11.1 Å². The second-order valence-corrected chi connectivity index (χ2v) is 16.0. The lowest BCUT2D eigenvalue weighted by atomic mass is 9.85. The number of benzene rings is 1.